The average molecular weight is 288 g/mol. The quantitative estimate of drug-likeness (QED) is 0.665. The molecule has 1 amide bonds. The topological polar surface area (TPSA) is 49.4 Å². The van der Waals surface area contributed by atoms with Crippen molar-refractivity contribution in [3.63, 3.8) is 0 Å². The molecule has 21 heavy (non-hydrogen) atoms. The number of hydrogen-bond acceptors (Lipinski definition) is 3. The predicted octanol–water partition coefficient (Wildman–Crippen LogP) is 1.97. The van der Waals surface area contributed by atoms with E-state index in [0.29, 0.717) is 23.8 Å². The van der Waals surface area contributed by atoms with Gasteiger partial charge in [0.2, 0.25) is 0 Å². The summed E-state index contributed by atoms with van der Waals surface area (Å²) in [5.74, 6) is -1.75. The molecule has 1 fully saturated rings. The van der Waals surface area contributed by atoms with Gasteiger partial charge in [-0.3, -0.25) is 9.59 Å². The minimum absolute atomic E-state index is 0.153. The van der Waals surface area contributed by atoms with Gasteiger partial charge in [-0.15, -0.1) is 0 Å². The SMILES string of the molecule is C=C(CNC1CC1)CN1C(=O)C(=O)c2cc(F)cc(C)c21. The predicted molar refractivity (Wildman–Crippen MR) is 78.0 cm³/mol. The second-order valence-corrected chi connectivity index (χ2v) is 5.74. The van der Waals surface area contributed by atoms with Crippen molar-refractivity contribution in [2.24, 2.45) is 0 Å². The molecule has 1 aromatic rings. The van der Waals surface area contributed by atoms with Gasteiger partial charge >= 0.3 is 0 Å². The standard InChI is InChI=1S/C16H17FN2O2/c1-9(7-18-12-3-4-12)8-19-14-10(2)5-11(17)6-13(14)15(20)16(19)21/h5-6,12,18H,1,3-4,7-8H2,2H3. The van der Waals surface area contributed by atoms with Gasteiger partial charge in [0.25, 0.3) is 11.7 Å². The minimum Gasteiger partial charge on any atom is -0.310 e. The first kappa shape index (κ1) is 13.9. The summed E-state index contributed by atoms with van der Waals surface area (Å²) >= 11 is 0. The molecule has 0 atom stereocenters. The molecule has 3 rings (SSSR count). The van der Waals surface area contributed by atoms with Crippen molar-refractivity contribution in [3.05, 3.63) is 41.2 Å². The molecule has 0 aromatic heterocycles. The number of carbonyl (C=O) groups excluding carboxylic acids is 2. The lowest BCUT2D eigenvalue weighted by Gasteiger charge is -2.20. The second-order valence-electron chi connectivity index (χ2n) is 5.74. The maximum Gasteiger partial charge on any atom is 0.299 e. The summed E-state index contributed by atoms with van der Waals surface area (Å²) in [6, 6.07) is 3.03. The number of benzene rings is 1. The Morgan fingerprint density at radius 3 is 2.81 bits per heavy atom. The highest BCUT2D eigenvalue weighted by molar-refractivity contribution is 6.52. The van der Waals surface area contributed by atoms with Crippen LogP contribution in [0.1, 0.15) is 28.8 Å². The van der Waals surface area contributed by atoms with Crippen molar-refractivity contribution in [2.75, 3.05) is 18.0 Å². The monoisotopic (exact) mass is 288 g/mol. The molecule has 0 spiro atoms. The number of amides is 1. The summed E-state index contributed by atoms with van der Waals surface area (Å²) in [7, 11) is 0. The molecule has 1 N–H and O–H groups in total. The van der Waals surface area contributed by atoms with Crippen LogP contribution in [0.15, 0.2) is 24.3 Å². The second kappa shape index (κ2) is 5.07. The number of hydrogen-bond donors (Lipinski definition) is 1. The Hall–Kier alpha value is -2.01. The number of ketones is 1. The van der Waals surface area contributed by atoms with Gasteiger partial charge in [0, 0.05) is 19.1 Å². The van der Waals surface area contributed by atoms with Gasteiger partial charge in [-0.2, -0.15) is 0 Å². The maximum absolute atomic E-state index is 13.4. The first-order valence-electron chi connectivity index (χ1n) is 7.03. The molecule has 0 radical (unpaired) electrons. The maximum atomic E-state index is 13.4. The lowest BCUT2D eigenvalue weighted by atomic mass is 10.1. The Kier molecular flexibility index (Phi) is 3.37. The molecule has 1 saturated carbocycles. The van der Waals surface area contributed by atoms with Crippen LogP contribution in [0.3, 0.4) is 0 Å². The van der Waals surface area contributed by atoms with Crippen LogP contribution in [-0.2, 0) is 4.79 Å². The van der Waals surface area contributed by atoms with Crippen molar-refractivity contribution in [1.29, 1.82) is 0 Å². The van der Waals surface area contributed by atoms with Gasteiger partial charge in [-0.05, 0) is 43.0 Å². The van der Waals surface area contributed by atoms with Gasteiger partial charge in [0.05, 0.1) is 11.3 Å². The minimum atomic E-state index is -0.643. The Morgan fingerprint density at radius 1 is 1.43 bits per heavy atom. The number of rotatable bonds is 5. The van der Waals surface area contributed by atoms with E-state index < -0.39 is 17.5 Å². The van der Waals surface area contributed by atoms with E-state index in [1.807, 2.05) is 0 Å². The third-order valence-corrected chi connectivity index (χ3v) is 3.82. The molecule has 1 heterocycles. The molecule has 1 aliphatic carbocycles. The lowest BCUT2D eigenvalue weighted by Crippen LogP contribution is -2.34. The van der Waals surface area contributed by atoms with Crippen molar-refractivity contribution in [3.8, 4) is 0 Å². The van der Waals surface area contributed by atoms with Crippen LogP contribution in [-0.4, -0.2) is 30.8 Å². The van der Waals surface area contributed by atoms with Crippen molar-refractivity contribution in [1.82, 2.24) is 5.32 Å². The molecule has 0 bridgehead atoms. The largest absolute Gasteiger partial charge is 0.310 e. The zero-order valence-corrected chi connectivity index (χ0v) is 11.9. The molecule has 0 saturated heterocycles. The molecule has 110 valence electrons. The van der Waals surface area contributed by atoms with E-state index in [1.54, 1.807) is 6.92 Å². The number of anilines is 1. The number of carbonyl (C=O) groups is 2. The fourth-order valence-electron chi connectivity index (χ4n) is 2.61. The highest BCUT2D eigenvalue weighted by Gasteiger charge is 2.37. The van der Waals surface area contributed by atoms with Crippen LogP contribution >= 0.6 is 0 Å². The Bertz CT molecular complexity index is 650. The smallest absolute Gasteiger partial charge is 0.299 e. The molecule has 1 aliphatic heterocycles. The van der Waals surface area contributed by atoms with Crippen LogP contribution in [0.25, 0.3) is 0 Å². The zero-order valence-electron chi connectivity index (χ0n) is 11.9. The summed E-state index contributed by atoms with van der Waals surface area (Å²) in [6.45, 7) is 6.56. The summed E-state index contributed by atoms with van der Waals surface area (Å²) < 4.78 is 13.4. The number of nitrogens with zero attached hydrogens (tertiary/aromatic N) is 1. The molecular weight excluding hydrogens is 271 g/mol. The Balaban J connectivity index is 1.81. The zero-order chi connectivity index (χ0) is 15.1. The van der Waals surface area contributed by atoms with Gasteiger partial charge in [-0.1, -0.05) is 6.58 Å². The van der Waals surface area contributed by atoms with Crippen molar-refractivity contribution in [2.45, 2.75) is 25.8 Å². The first-order valence-corrected chi connectivity index (χ1v) is 7.03. The molecule has 4 nitrogen and oxygen atoms in total. The average Bonchev–Trinajstić information content (AvgIpc) is 3.21. The van der Waals surface area contributed by atoms with E-state index >= 15 is 0 Å². The fourth-order valence-corrected chi connectivity index (χ4v) is 2.61. The molecule has 2 aliphatic rings. The molecule has 1 aromatic carbocycles. The van der Waals surface area contributed by atoms with Gasteiger partial charge in [-0.25, -0.2) is 4.39 Å². The van der Waals surface area contributed by atoms with Crippen LogP contribution in [0.4, 0.5) is 10.1 Å². The summed E-state index contributed by atoms with van der Waals surface area (Å²) in [6.07, 6.45) is 2.35. The molecular formula is C16H17FN2O2. The third-order valence-electron chi connectivity index (χ3n) is 3.82. The normalized spacial score (nSPS) is 17.3. The van der Waals surface area contributed by atoms with E-state index in [0.717, 1.165) is 11.6 Å². The Labute approximate surface area is 122 Å². The number of aryl methyl sites for hydroxylation is 1. The van der Waals surface area contributed by atoms with E-state index in [1.165, 1.54) is 23.8 Å². The van der Waals surface area contributed by atoms with Crippen LogP contribution in [0.5, 0.6) is 0 Å². The number of Topliss-reactive ketones (excluding diaryl/α,β-unsaturated/α-hetero) is 1. The van der Waals surface area contributed by atoms with Crippen molar-refractivity contribution >= 4 is 17.4 Å². The van der Waals surface area contributed by atoms with Gasteiger partial charge < -0.3 is 10.2 Å². The molecule has 0 unspecified atom stereocenters. The Morgan fingerprint density at radius 2 is 2.14 bits per heavy atom. The highest BCUT2D eigenvalue weighted by atomic mass is 19.1. The van der Waals surface area contributed by atoms with Gasteiger partial charge in [0.1, 0.15) is 5.82 Å². The van der Waals surface area contributed by atoms with Crippen molar-refractivity contribution < 1.29 is 14.0 Å². The van der Waals surface area contributed by atoms with E-state index in [2.05, 4.69) is 11.9 Å². The number of nitrogens with one attached hydrogen (secondary N) is 1. The number of fused-ring (bicyclic) bond motifs is 1. The summed E-state index contributed by atoms with van der Waals surface area (Å²) in [5, 5.41) is 3.32. The fraction of sp³-hybridized carbons (Fsp3) is 0.375. The van der Waals surface area contributed by atoms with E-state index in [-0.39, 0.29) is 12.1 Å². The lowest BCUT2D eigenvalue weighted by molar-refractivity contribution is -0.114. The summed E-state index contributed by atoms with van der Waals surface area (Å²) in [5.41, 5.74) is 2.09. The summed E-state index contributed by atoms with van der Waals surface area (Å²) in [4.78, 5) is 25.5. The number of halogens is 1. The van der Waals surface area contributed by atoms with E-state index in [4.69, 9.17) is 0 Å². The highest BCUT2D eigenvalue weighted by Crippen LogP contribution is 2.33. The van der Waals surface area contributed by atoms with Crippen LogP contribution in [0.2, 0.25) is 0 Å². The van der Waals surface area contributed by atoms with E-state index in [9.17, 15) is 14.0 Å². The van der Waals surface area contributed by atoms with Gasteiger partial charge in [0.15, 0.2) is 0 Å². The van der Waals surface area contributed by atoms with Crippen LogP contribution in [0, 0.1) is 12.7 Å². The molecule has 5 heteroatoms. The van der Waals surface area contributed by atoms with Crippen LogP contribution < -0.4 is 10.2 Å². The third kappa shape index (κ3) is 2.61. The first-order chi connectivity index (χ1) is 9.97.